The number of carbonyl (C=O) groups is 4. The van der Waals surface area contributed by atoms with Crippen LogP contribution in [0, 0.1) is 0 Å². The summed E-state index contributed by atoms with van der Waals surface area (Å²) >= 11 is 0. The van der Waals surface area contributed by atoms with Crippen LogP contribution in [0.2, 0.25) is 0 Å². The van der Waals surface area contributed by atoms with Crippen LogP contribution in [0.3, 0.4) is 0 Å². The monoisotopic (exact) mass is 1870 g/mol. The Morgan fingerprint density at radius 2 is 0.386 bits per heavy atom. The molecule has 22 nitrogen and oxygen atoms in total. The highest BCUT2D eigenvalue weighted by molar-refractivity contribution is 6.19. The Bertz CT molecular complexity index is 6550. The van der Waals surface area contributed by atoms with Crippen molar-refractivity contribution in [2.24, 2.45) is 0 Å². The number of aliphatic hydroxyl groups excluding tert-OH is 2. The van der Waals surface area contributed by atoms with E-state index in [9.17, 15) is 10.2 Å². The van der Waals surface area contributed by atoms with Crippen molar-refractivity contribution in [3.8, 4) is 69.0 Å². The van der Waals surface area contributed by atoms with Crippen molar-refractivity contribution in [3.05, 3.63) is 502 Å². The molecule has 704 valence electrons. The molecule has 16 aromatic rings. The summed E-state index contributed by atoms with van der Waals surface area (Å²) in [6.07, 6.45) is -9.90. The third-order valence-corrected chi connectivity index (χ3v) is 23.7. The van der Waals surface area contributed by atoms with Crippen molar-refractivity contribution in [3.63, 3.8) is 0 Å². The molecule has 1 unspecified atom stereocenters. The third-order valence-electron chi connectivity index (χ3n) is 23.7. The fraction of sp³-hybridized carbons (Fsp3) is 0.153. The first-order chi connectivity index (χ1) is 68.5. The number of ether oxygens (including phenoxy) is 13. The molecule has 0 amide bonds. The van der Waals surface area contributed by atoms with Crippen LogP contribution in [0.5, 0.6) is 69.0 Å². The average Bonchev–Trinajstić information content (AvgIpc) is 0.671. The molecule has 16 aromatic carbocycles. The van der Waals surface area contributed by atoms with Crippen molar-refractivity contribution < 1.29 is 106 Å². The summed E-state index contributed by atoms with van der Waals surface area (Å²) in [6.45, 7) is -2.40. The number of benzene rings is 16. The summed E-state index contributed by atoms with van der Waals surface area (Å²) in [5.74, 6) is -9.78. The number of aliphatic hydroxyl groups is 5. The Morgan fingerprint density at radius 3 is 0.571 bits per heavy atom. The van der Waals surface area contributed by atoms with Gasteiger partial charge >= 0.3 is 0 Å². The number of hydrogen-bond donors (Lipinski definition) is 5. The van der Waals surface area contributed by atoms with Gasteiger partial charge in [-0.3, -0.25) is 19.2 Å². The second kappa shape index (κ2) is 45.5. The average molecular weight is 1870 g/mol. The van der Waals surface area contributed by atoms with Crippen molar-refractivity contribution in [2.75, 3.05) is 0 Å². The van der Waals surface area contributed by atoms with E-state index in [0.29, 0.717) is 66.8 Å². The zero-order valence-electron chi connectivity index (χ0n) is 76.2. The Labute approximate surface area is 809 Å². The molecule has 0 aliphatic carbocycles. The lowest BCUT2D eigenvalue weighted by Crippen LogP contribution is -2.87. The fourth-order valence-corrected chi connectivity index (χ4v) is 16.3. The Kier molecular flexibility index (Phi) is 31.0. The zero-order valence-corrected chi connectivity index (χ0v) is 76.2. The predicted octanol–water partition coefficient (Wildman–Crippen LogP) is 20.7. The number of carbonyl (C=O) groups excluding carboxylic acids is 4. The number of Topliss-reactive ketones (excluding diaryl/α,β-unsaturated/α-hetero) is 4. The zero-order chi connectivity index (χ0) is 96.5. The maximum absolute atomic E-state index is 18.3. The van der Waals surface area contributed by atoms with E-state index in [1.165, 1.54) is 12.1 Å². The van der Waals surface area contributed by atoms with Crippen LogP contribution in [0.15, 0.2) is 413 Å². The molecule has 6 atom stereocenters. The summed E-state index contributed by atoms with van der Waals surface area (Å²) in [5.41, 5.74) is -9.38. The van der Waals surface area contributed by atoms with E-state index in [4.69, 9.17) is 61.6 Å². The fourth-order valence-electron chi connectivity index (χ4n) is 16.3. The van der Waals surface area contributed by atoms with Gasteiger partial charge in [0.1, 0.15) is 91.5 Å². The normalized spacial score (nSPS) is 16.1. The van der Waals surface area contributed by atoms with E-state index < -0.39 is 80.7 Å². The Morgan fingerprint density at radius 1 is 0.229 bits per heavy atom. The van der Waals surface area contributed by atoms with Crippen molar-refractivity contribution >= 4 is 23.1 Å². The lowest BCUT2D eigenvalue weighted by Gasteiger charge is -2.57. The highest BCUT2D eigenvalue weighted by atomic mass is 16.7. The van der Waals surface area contributed by atoms with Gasteiger partial charge in [0.2, 0.25) is 51.5 Å². The third kappa shape index (κ3) is 22.6. The minimum absolute atomic E-state index is 0.0353. The molecule has 1 aliphatic heterocycles. The van der Waals surface area contributed by atoms with Crippen LogP contribution in [-0.4, -0.2) is 84.0 Å². The van der Waals surface area contributed by atoms with E-state index in [-0.39, 0.29) is 148 Å². The summed E-state index contributed by atoms with van der Waals surface area (Å²) < 4.78 is 87.5. The van der Waals surface area contributed by atoms with E-state index in [1.807, 2.05) is 121 Å². The van der Waals surface area contributed by atoms with Gasteiger partial charge in [0.25, 0.3) is 0 Å². The van der Waals surface area contributed by atoms with Crippen LogP contribution in [0.4, 0.5) is 0 Å². The summed E-state index contributed by atoms with van der Waals surface area (Å²) in [5, 5.41) is 74.8. The first-order valence-electron chi connectivity index (χ1n) is 45.6. The van der Waals surface area contributed by atoms with Crippen LogP contribution in [0.1, 0.15) is 108 Å². The first-order valence-corrected chi connectivity index (χ1v) is 45.6. The van der Waals surface area contributed by atoms with Crippen LogP contribution in [0.25, 0.3) is 0 Å². The molecule has 1 aliphatic rings. The topological polar surface area (TPSA) is 289 Å². The number of rotatable bonds is 45. The van der Waals surface area contributed by atoms with Crippen molar-refractivity contribution in [1.29, 1.82) is 0 Å². The molecule has 140 heavy (non-hydrogen) atoms. The second-order valence-corrected chi connectivity index (χ2v) is 33.4. The molecule has 17 rings (SSSR count). The van der Waals surface area contributed by atoms with E-state index in [2.05, 4.69) is 0 Å². The van der Waals surface area contributed by atoms with Gasteiger partial charge in [-0.05, 0) is 115 Å². The van der Waals surface area contributed by atoms with Crippen LogP contribution in [-0.2, 0) is 84.0 Å². The summed E-state index contributed by atoms with van der Waals surface area (Å²) in [7, 11) is 0. The molecular weight excluding hydrogens is 1770 g/mol. The van der Waals surface area contributed by atoms with E-state index >= 15 is 34.5 Å². The van der Waals surface area contributed by atoms with Gasteiger partial charge in [0.05, 0.1) is 0 Å². The minimum atomic E-state index is -4.82. The van der Waals surface area contributed by atoms with Crippen LogP contribution >= 0.6 is 0 Å². The number of ketones is 4. The summed E-state index contributed by atoms with van der Waals surface area (Å²) in [6, 6.07) is 117. The quantitative estimate of drug-likeness (QED) is 0.0222. The van der Waals surface area contributed by atoms with Gasteiger partial charge in [-0.15, -0.1) is 0 Å². The number of hydrogen-bond acceptors (Lipinski definition) is 22. The van der Waals surface area contributed by atoms with E-state index in [0.717, 1.165) is 36.4 Å². The minimum Gasteiger partial charge on any atom is -0.485 e. The lowest BCUT2D eigenvalue weighted by molar-refractivity contribution is -0.352. The molecule has 0 aromatic heterocycles. The van der Waals surface area contributed by atoms with Gasteiger partial charge in [-0.25, -0.2) is 0 Å². The molecule has 0 spiro atoms. The second-order valence-electron chi connectivity index (χ2n) is 33.4. The highest BCUT2D eigenvalue weighted by Crippen LogP contribution is 2.55. The Balaban J connectivity index is 0.930. The maximum Gasteiger partial charge on any atom is 0.218 e. The molecule has 5 N–H and O–H groups in total. The predicted molar refractivity (Wildman–Crippen MR) is 524 cm³/mol. The SMILES string of the molecule is O=C(c1cc(OCc2ccccc2)c(OCc2ccccc2)c(OCc2ccccc2)c1)C(O)[C@H]1O[C@H](O)[C@@](O)(C(=O)c2cc(OCc3ccccc3)c(OCc3ccccc3)c(OCc3ccccc3)c2)[C@](O)(C(=O)c2cc(OCc3ccccc3)c(OCc3ccccc3)c(OCc3ccccc3)c2)[C@@]1(O)C(=O)c1cc(OCc2ccccc2)c(OCc2ccccc2)c(OCc2ccccc2)c1. The largest absolute Gasteiger partial charge is 0.485 e. The molecule has 0 bridgehead atoms. The van der Waals surface area contributed by atoms with Gasteiger partial charge in [-0.1, -0.05) is 364 Å². The van der Waals surface area contributed by atoms with Crippen molar-refractivity contribution in [2.45, 2.75) is 115 Å². The molecule has 22 heteroatoms. The maximum atomic E-state index is 18.3. The molecule has 1 fully saturated rings. The summed E-state index contributed by atoms with van der Waals surface area (Å²) in [4.78, 5) is 71.2. The molecule has 1 heterocycles. The van der Waals surface area contributed by atoms with Gasteiger partial charge in [0.15, 0.2) is 63.7 Å². The molecule has 1 saturated heterocycles. The van der Waals surface area contributed by atoms with Crippen LogP contribution < -0.4 is 56.8 Å². The smallest absolute Gasteiger partial charge is 0.218 e. The van der Waals surface area contributed by atoms with Gasteiger partial charge in [0, 0.05) is 22.3 Å². The van der Waals surface area contributed by atoms with E-state index in [1.54, 1.807) is 243 Å². The molecular formula is C118H100O22. The van der Waals surface area contributed by atoms with Crippen molar-refractivity contribution in [1.82, 2.24) is 0 Å². The highest BCUT2D eigenvalue weighted by Gasteiger charge is 2.82. The lowest BCUT2D eigenvalue weighted by atomic mass is 9.57. The Hall–Kier alpha value is -16.4. The van der Waals surface area contributed by atoms with Gasteiger partial charge < -0.3 is 87.1 Å². The molecule has 0 radical (unpaired) electrons. The standard InChI is InChI=1S/C118H100O22/c119-105(93-61-97(128-69-81-37-13-1-14-38-81)107(136-77-89-53-29-9-30-54-89)98(62-93)129-70-82-39-15-2-16-40-82)106(120)114-116(125,111(121)94-63-99(130-71-83-41-17-3-18-42-83)108(137-78-90-55-31-10-32-56-90)100(64-94)131-72-84-43-19-4-20-44-84)118(127,113(123)96-67-103(134-75-87-49-25-7-26-50-87)110(139-80-92-59-35-12-36-60-92)104(68-96)135-76-88-51-27-8-28-52-88)117(126,115(124)140-114)112(122)95-65-101(132-73-85-45-21-5-22-46-85)109(138-79-91-57-33-11-34-58-91)102(66-95)133-74-86-47-23-6-24-48-86/h1-68,106,114-115,120,124-127H,69-80H2/t106?,114-,115+,116-,117+,118+/m1/s1. The van der Waals surface area contributed by atoms with Gasteiger partial charge in [-0.2, -0.15) is 0 Å². The first kappa shape index (κ1) is 95.3. The molecule has 0 saturated carbocycles.